The zero-order chi connectivity index (χ0) is 10.3. The summed E-state index contributed by atoms with van der Waals surface area (Å²) in [6.07, 6.45) is 0. The Bertz CT molecular complexity index is 395. The number of nitrogens with two attached hydrogens (primary N) is 1. The van der Waals surface area contributed by atoms with Gasteiger partial charge in [0.15, 0.2) is 0 Å². The summed E-state index contributed by atoms with van der Waals surface area (Å²) in [4.78, 5) is 11.3. The van der Waals surface area contributed by atoms with E-state index in [1.807, 2.05) is 0 Å². The van der Waals surface area contributed by atoms with Crippen LogP contribution in [-0.2, 0) is 10.4 Å². The maximum Gasteiger partial charge on any atom is 0.520 e. The molecule has 0 saturated carbocycles. The lowest BCUT2D eigenvalue weighted by molar-refractivity contribution is 0.0152. The van der Waals surface area contributed by atoms with Crippen molar-refractivity contribution in [3.05, 3.63) is 35.4 Å². The molecule has 1 unspecified atom stereocenters. The van der Waals surface area contributed by atoms with Crippen LogP contribution in [0.25, 0.3) is 0 Å². The first-order valence-corrected chi connectivity index (χ1v) is 4.03. The van der Waals surface area contributed by atoms with Gasteiger partial charge in [0.1, 0.15) is 0 Å². The van der Waals surface area contributed by atoms with Crippen LogP contribution in [0.4, 0.5) is 0 Å². The van der Waals surface area contributed by atoms with Crippen LogP contribution in [0.1, 0.15) is 15.9 Å². The van der Waals surface area contributed by atoms with Gasteiger partial charge in [0.2, 0.25) is 5.62 Å². The Morgan fingerprint density at radius 3 is 2.64 bits per heavy atom. The van der Waals surface area contributed by atoms with Gasteiger partial charge in [-0.1, -0.05) is 18.2 Å². The minimum Gasteiger partial charge on any atom is -0.437 e. The maximum absolute atomic E-state index is 11.3. The van der Waals surface area contributed by atoms with Gasteiger partial charge in [-0.25, -0.2) is 4.79 Å². The van der Waals surface area contributed by atoms with Crippen LogP contribution in [0, 0.1) is 0 Å². The van der Waals surface area contributed by atoms with Crippen molar-refractivity contribution in [2.75, 3.05) is 0 Å². The van der Waals surface area contributed by atoms with Gasteiger partial charge in [-0.2, -0.15) is 0 Å². The van der Waals surface area contributed by atoms with Crippen molar-refractivity contribution in [2.45, 2.75) is 5.62 Å². The van der Waals surface area contributed by atoms with Crippen LogP contribution < -0.4 is 5.73 Å². The summed E-state index contributed by atoms with van der Waals surface area (Å²) in [5, 5.41) is 18.1. The molecule has 5 nitrogen and oxygen atoms in total. The molecule has 4 N–H and O–H groups in total. The van der Waals surface area contributed by atoms with E-state index in [4.69, 9.17) is 20.5 Å². The van der Waals surface area contributed by atoms with Gasteiger partial charge in [-0.15, -0.1) is 0 Å². The van der Waals surface area contributed by atoms with Gasteiger partial charge in [0, 0.05) is 5.56 Å². The molecule has 0 bridgehead atoms. The van der Waals surface area contributed by atoms with E-state index in [9.17, 15) is 4.79 Å². The number of carbonyl (C=O) groups is 1. The third kappa shape index (κ3) is 1.05. The van der Waals surface area contributed by atoms with Crippen LogP contribution in [0.2, 0.25) is 0 Å². The summed E-state index contributed by atoms with van der Waals surface area (Å²) in [7, 11) is -1.94. The predicted molar refractivity (Wildman–Crippen MR) is 47.9 cm³/mol. The molecule has 0 aliphatic carbocycles. The topological polar surface area (TPSA) is 92.8 Å². The molecule has 0 radical (unpaired) electrons. The first-order valence-electron chi connectivity index (χ1n) is 4.03. The molecule has 1 atom stereocenters. The minimum atomic E-state index is -1.94. The van der Waals surface area contributed by atoms with E-state index in [2.05, 4.69) is 0 Å². The monoisotopic (exact) mass is 193 g/mol. The number of benzene rings is 1. The van der Waals surface area contributed by atoms with E-state index in [1.54, 1.807) is 12.1 Å². The SMILES string of the molecule is NC1(B(O)O)OC(=O)c2ccccc21. The Morgan fingerprint density at radius 2 is 2.00 bits per heavy atom. The molecule has 1 aromatic carbocycles. The molecular weight excluding hydrogens is 185 g/mol. The number of cyclic esters (lactones) is 1. The van der Waals surface area contributed by atoms with Crippen LogP contribution in [0.3, 0.4) is 0 Å². The van der Waals surface area contributed by atoms with E-state index < -0.39 is 18.7 Å². The summed E-state index contributed by atoms with van der Waals surface area (Å²) in [6, 6.07) is 6.34. The normalized spacial score (nSPS) is 24.4. The smallest absolute Gasteiger partial charge is 0.437 e. The molecule has 1 aliphatic rings. The number of hydrogen-bond donors (Lipinski definition) is 3. The second kappa shape index (κ2) is 2.81. The van der Waals surface area contributed by atoms with E-state index in [1.165, 1.54) is 12.1 Å². The number of fused-ring (bicyclic) bond motifs is 1. The summed E-state index contributed by atoms with van der Waals surface area (Å²) < 4.78 is 4.72. The maximum atomic E-state index is 11.3. The molecule has 2 rings (SSSR count). The Hall–Kier alpha value is -1.37. The zero-order valence-electron chi connectivity index (χ0n) is 7.18. The third-order valence-corrected chi connectivity index (χ3v) is 2.21. The van der Waals surface area contributed by atoms with Crippen molar-refractivity contribution in [3.8, 4) is 0 Å². The Balaban J connectivity index is 2.59. The summed E-state index contributed by atoms with van der Waals surface area (Å²) in [5.41, 5.74) is 4.28. The van der Waals surface area contributed by atoms with E-state index in [0.717, 1.165) is 0 Å². The quantitative estimate of drug-likeness (QED) is 0.392. The molecule has 14 heavy (non-hydrogen) atoms. The van der Waals surface area contributed by atoms with Crippen molar-refractivity contribution >= 4 is 13.1 Å². The fourth-order valence-corrected chi connectivity index (χ4v) is 1.46. The fourth-order valence-electron chi connectivity index (χ4n) is 1.46. The molecule has 6 heteroatoms. The standard InChI is InChI=1S/C8H8BNO4/c10-8(9(12)13)6-4-2-1-3-5(6)7(11)14-8/h1-4,12-13H,10H2. The lowest BCUT2D eigenvalue weighted by Gasteiger charge is -2.21. The Morgan fingerprint density at radius 1 is 1.36 bits per heavy atom. The van der Waals surface area contributed by atoms with Gasteiger partial charge in [-0.05, 0) is 6.07 Å². The molecule has 1 aliphatic heterocycles. The van der Waals surface area contributed by atoms with Crippen molar-refractivity contribution in [1.29, 1.82) is 0 Å². The Labute approximate surface area is 80.3 Å². The highest BCUT2D eigenvalue weighted by molar-refractivity contribution is 6.45. The average Bonchev–Trinajstić information content (AvgIpc) is 2.42. The fraction of sp³-hybridized carbons (Fsp3) is 0.125. The molecule has 0 saturated heterocycles. The number of rotatable bonds is 1. The highest BCUT2D eigenvalue weighted by atomic mass is 16.6. The van der Waals surface area contributed by atoms with Crippen molar-refractivity contribution < 1.29 is 19.6 Å². The number of hydrogen-bond acceptors (Lipinski definition) is 5. The number of ether oxygens (including phenoxy) is 1. The van der Waals surface area contributed by atoms with E-state index >= 15 is 0 Å². The average molecular weight is 193 g/mol. The van der Waals surface area contributed by atoms with E-state index in [0.29, 0.717) is 5.56 Å². The first kappa shape index (κ1) is 9.20. The summed E-state index contributed by atoms with van der Waals surface area (Å²) >= 11 is 0. The molecule has 72 valence electrons. The molecule has 1 aromatic rings. The minimum absolute atomic E-state index is 0.267. The van der Waals surface area contributed by atoms with Crippen LogP contribution >= 0.6 is 0 Å². The second-order valence-corrected chi connectivity index (χ2v) is 3.10. The highest BCUT2D eigenvalue weighted by Crippen LogP contribution is 2.32. The highest BCUT2D eigenvalue weighted by Gasteiger charge is 2.51. The van der Waals surface area contributed by atoms with Gasteiger partial charge in [0.25, 0.3) is 0 Å². The van der Waals surface area contributed by atoms with Gasteiger partial charge in [0.05, 0.1) is 5.56 Å². The van der Waals surface area contributed by atoms with Crippen LogP contribution in [-0.4, -0.2) is 23.1 Å². The van der Waals surface area contributed by atoms with E-state index in [-0.39, 0.29) is 5.56 Å². The number of carbonyl (C=O) groups excluding carboxylic acids is 1. The zero-order valence-corrected chi connectivity index (χ0v) is 7.18. The van der Waals surface area contributed by atoms with Crippen LogP contribution in [0.15, 0.2) is 24.3 Å². The second-order valence-electron chi connectivity index (χ2n) is 3.10. The largest absolute Gasteiger partial charge is 0.520 e. The third-order valence-electron chi connectivity index (χ3n) is 2.21. The molecule has 0 aromatic heterocycles. The van der Waals surface area contributed by atoms with Gasteiger partial charge >= 0.3 is 13.1 Å². The van der Waals surface area contributed by atoms with Gasteiger partial charge < -0.3 is 14.8 Å². The predicted octanol–water partition coefficient (Wildman–Crippen LogP) is -1.02. The molecule has 0 fully saturated rings. The van der Waals surface area contributed by atoms with Crippen molar-refractivity contribution in [1.82, 2.24) is 0 Å². The number of esters is 1. The Kier molecular flexibility index (Phi) is 1.85. The van der Waals surface area contributed by atoms with Crippen molar-refractivity contribution in [3.63, 3.8) is 0 Å². The van der Waals surface area contributed by atoms with Gasteiger partial charge in [-0.3, -0.25) is 5.73 Å². The van der Waals surface area contributed by atoms with Crippen molar-refractivity contribution in [2.24, 2.45) is 5.73 Å². The molecule has 1 heterocycles. The summed E-state index contributed by atoms with van der Waals surface area (Å²) in [6.45, 7) is 0. The molecule has 0 amide bonds. The molecule has 0 spiro atoms. The lowest BCUT2D eigenvalue weighted by Crippen LogP contribution is -2.51. The van der Waals surface area contributed by atoms with Crippen LogP contribution in [0.5, 0.6) is 0 Å². The summed E-state index contributed by atoms with van der Waals surface area (Å²) in [5.74, 6) is -0.642. The first-order chi connectivity index (χ1) is 6.55. The lowest BCUT2D eigenvalue weighted by atomic mass is 9.71. The molecular formula is C8H8BNO4.